The van der Waals surface area contributed by atoms with Crippen LogP contribution in [0.15, 0.2) is 36.4 Å². The van der Waals surface area contributed by atoms with E-state index in [4.69, 9.17) is 9.72 Å². The fourth-order valence-corrected chi connectivity index (χ4v) is 5.50. The number of hydrogen-bond acceptors (Lipinski definition) is 6. The number of ether oxygens (including phenoxy) is 1. The number of aliphatic hydroxyl groups is 1. The van der Waals surface area contributed by atoms with Gasteiger partial charge in [-0.05, 0) is 61.8 Å². The standard InChI is InChI=1S/C27H30F2N4O2/c1-35-23-5-3-2-4-20(23)17-6-11-32(12-7-17)25-21-14-18(33-13-8-19(34)16-33)15-22(28)24(21)30-26(31-25)27(29)9-10-27/h2-5,14-15,17,19,34H,6-13,16H2,1H3/t19-/m1/s1. The second-order valence-corrected chi connectivity index (χ2v) is 10.1. The molecule has 35 heavy (non-hydrogen) atoms. The van der Waals surface area contributed by atoms with E-state index in [-0.39, 0.29) is 11.3 Å². The summed E-state index contributed by atoms with van der Waals surface area (Å²) in [6.45, 7) is 2.58. The molecule has 2 aromatic carbocycles. The molecule has 0 amide bonds. The van der Waals surface area contributed by atoms with E-state index >= 15 is 8.78 Å². The molecule has 1 saturated carbocycles. The van der Waals surface area contributed by atoms with Gasteiger partial charge in [0.15, 0.2) is 17.3 Å². The van der Waals surface area contributed by atoms with Gasteiger partial charge in [-0.1, -0.05) is 18.2 Å². The lowest BCUT2D eigenvalue weighted by Crippen LogP contribution is -2.34. The minimum absolute atomic E-state index is 0.0927. The highest BCUT2D eigenvalue weighted by atomic mass is 19.1. The van der Waals surface area contributed by atoms with Gasteiger partial charge in [-0.2, -0.15) is 0 Å². The predicted octanol–water partition coefficient (Wildman–Crippen LogP) is 4.69. The fourth-order valence-electron chi connectivity index (χ4n) is 5.50. The van der Waals surface area contributed by atoms with Gasteiger partial charge in [-0.25, -0.2) is 18.7 Å². The topological polar surface area (TPSA) is 61.7 Å². The number of aromatic nitrogens is 2. The smallest absolute Gasteiger partial charge is 0.170 e. The summed E-state index contributed by atoms with van der Waals surface area (Å²) in [5.41, 5.74) is 0.520. The first-order valence-electron chi connectivity index (χ1n) is 12.5. The number of β-amino-alcohol motifs (C(OH)–C–C–N with tert-alkyl or cyclic N) is 1. The lowest BCUT2D eigenvalue weighted by molar-refractivity contribution is 0.198. The first kappa shape index (κ1) is 22.5. The molecule has 1 N–H and O–H groups in total. The number of aliphatic hydroxyl groups excluding tert-OH is 1. The van der Waals surface area contributed by atoms with Crippen LogP contribution in [0.25, 0.3) is 10.9 Å². The van der Waals surface area contributed by atoms with E-state index in [2.05, 4.69) is 16.0 Å². The van der Waals surface area contributed by atoms with Gasteiger partial charge in [-0.3, -0.25) is 0 Å². The molecule has 3 heterocycles. The molecule has 0 radical (unpaired) electrons. The van der Waals surface area contributed by atoms with Gasteiger partial charge in [0.2, 0.25) is 0 Å². The Bertz CT molecular complexity index is 1260. The molecule has 1 aromatic heterocycles. The number of rotatable bonds is 5. The van der Waals surface area contributed by atoms with Crippen LogP contribution in [0, 0.1) is 5.82 Å². The molecule has 3 fully saturated rings. The van der Waals surface area contributed by atoms with E-state index in [0.717, 1.165) is 31.7 Å². The van der Waals surface area contributed by atoms with Gasteiger partial charge in [0.05, 0.1) is 13.2 Å². The maximum Gasteiger partial charge on any atom is 0.170 e. The maximum absolute atomic E-state index is 15.4. The van der Waals surface area contributed by atoms with Gasteiger partial charge in [0, 0.05) is 37.3 Å². The molecule has 6 rings (SSSR count). The molecule has 2 saturated heterocycles. The zero-order valence-electron chi connectivity index (χ0n) is 19.9. The molecule has 6 nitrogen and oxygen atoms in total. The molecule has 3 aromatic rings. The third kappa shape index (κ3) is 4.07. The summed E-state index contributed by atoms with van der Waals surface area (Å²) in [5.74, 6) is 1.47. The average Bonchev–Trinajstić information content (AvgIpc) is 3.49. The highest BCUT2D eigenvalue weighted by Crippen LogP contribution is 2.49. The van der Waals surface area contributed by atoms with Gasteiger partial charge in [0.1, 0.15) is 17.1 Å². The predicted molar refractivity (Wildman–Crippen MR) is 132 cm³/mol. The van der Waals surface area contributed by atoms with Crippen molar-refractivity contribution in [1.29, 1.82) is 0 Å². The van der Waals surface area contributed by atoms with Crippen molar-refractivity contribution < 1.29 is 18.6 Å². The van der Waals surface area contributed by atoms with Gasteiger partial charge in [0.25, 0.3) is 0 Å². The Balaban J connectivity index is 1.36. The lowest BCUT2D eigenvalue weighted by Gasteiger charge is -2.34. The van der Waals surface area contributed by atoms with Crippen LogP contribution in [0.4, 0.5) is 20.3 Å². The fraction of sp³-hybridized carbons (Fsp3) is 0.481. The SMILES string of the molecule is COc1ccccc1C1CCN(c2nc(C3(F)CC3)nc3c(F)cc(N4CC[C@@H](O)C4)cc23)CC1. The second-order valence-electron chi connectivity index (χ2n) is 10.1. The number of alkyl halides is 1. The normalized spacial score (nSPS) is 22.1. The van der Waals surface area contributed by atoms with E-state index in [0.29, 0.717) is 55.2 Å². The molecule has 1 atom stereocenters. The minimum Gasteiger partial charge on any atom is -0.496 e. The van der Waals surface area contributed by atoms with E-state index in [1.165, 1.54) is 11.6 Å². The Morgan fingerprint density at radius 3 is 2.46 bits per heavy atom. The van der Waals surface area contributed by atoms with E-state index in [1.807, 2.05) is 29.2 Å². The number of methoxy groups -OCH3 is 1. The molecule has 2 aliphatic heterocycles. The summed E-state index contributed by atoms with van der Waals surface area (Å²) in [6, 6.07) is 11.5. The van der Waals surface area contributed by atoms with Crippen molar-refractivity contribution in [2.75, 3.05) is 43.1 Å². The van der Waals surface area contributed by atoms with Crippen molar-refractivity contribution in [2.24, 2.45) is 0 Å². The summed E-state index contributed by atoms with van der Waals surface area (Å²) in [6.07, 6.45) is 2.77. The third-order valence-corrected chi connectivity index (χ3v) is 7.71. The third-order valence-electron chi connectivity index (χ3n) is 7.71. The van der Waals surface area contributed by atoms with Crippen LogP contribution in [-0.2, 0) is 5.67 Å². The zero-order chi connectivity index (χ0) is 24.2. The molecule has 0 unspecified atom stereocenters. The summed E-state index contributed by atoms with van der Waals surface area (Å²) in [5, 5.41) is 10.6. The molecule has 1 aliphatic carbocycles. The Morgan fingerprint density at radius 1 is 1.03 bits per heavy atom. The van der Waals surface area contributed by atoms with Crippen LogP contribution >= 0.6 is 0 Å². The number of halogens is 2. The highest BCUT2D eigenvalue weighted by molar-refractivity contribution is 5.93. The van der Waals surface area contributed by atoms with Crippen molar-refractivity contribution in [2.45, 2.75) is 49.8 Å². The van der Waals surface area contributed by atoms with E-state index in [1.54, 1.807) is 7.11 Å². The summed E-state index contributed by atoms with van der Waals surface area (Å²) >= 11 is 0. The summed E-state index contributed by atoms with van der Waals surface area (Å²) in [4.78, 5) is 13.2. The van der Waals surface area contributed by atoms with Crippen LogP contribution in [0.5, 0.6) is 5.75 Å². The number of nitrogens with zero attached hydrogens (tertiary/aromatic N) is 4. The molecule has 0 spiro atoms. The maximum atomic E-state index is 15.4. The molecular formula is C27H30F2N4O2. The van der Waals surface area contributed by atoms with Crippen LogP contribution in [0.2, 0.25) is 0 Å². The van der Waals surface area contributed by atoms with E-state index in [9.17, 15) is 5.11 Å². The molecule has 8 heteroatoms. The number of para-hydroxylation sites is 1. The Kier molecular flexibility index (Phi) is 5.51. The van der Waals surface area contributed by atoms with Crippen molar-refractivity contribution in [1.82, 2.24) is 9.97 Å². The van der Waals surface area contributed by atoms with Gasteiger partial charge >= 0.3 is 0 Å². The number of anilines is 2. The Morgan fingerprint density at radius 2 is 1.77 bits per heavy atom. The van der Waals surface area contributed by atoms with Crippen LogP contribution < -0.4 is 14.5 Å². The molecular weight excluding hydrogens is 450 g/mol. The second kappa shape index (κ2) is 8.59. The van der Waals surface area contributed by atoms with Crippen molar-refractivity contribution in [3.05, 3.63) is 53.6 Å². The molecule has 0 bridgehead atoms. The number of piperidine rings is 1. The van der Waals surface area contributed by atoms with Crippen molar-refractivity contribution in [3.63, 3.8) is 0 Å². The first-order valence-corrected chi connectivity index (χ1v) is 12.5. The Labute approximate surface area is 203 Å². The summed E-state index contributed by atoms with van der Waals surface area (Å²) in [7, 11) is 1.69. The van der Waals surface area contributed by atoms with Crippen molar-refractivity contribution in [3.8, 4) is 5.75 Å². The quantitative estimate of drug-likeness (QED) is 0.572. The molecule has 3 aliphatic rings. The Hall–Kier alpha value is -3.00. The van der Waals surface area contributed by atoms with Crippen molar-refractivity contribution >= 4 is 22.4 Å². The minimum atomic E-state index is -1.55. The summed E-state index contributed by atoms with van der Waals surface area (Å²) < 4.78 is 36.0. The number of fused-ring (bicyclic) bond motifs is 1. The number of hydrogen-bond donors (Lipinski definition) is 1. The van der Waals surface area contributed by atoms with Crippen LogP contribution in [0.3, 0.4) is 0 Å². The van der Waals surface area contributed by atoms with Crippen LogP contribution in [-0.4, -0.2) is 54.5 Å². The van der Waals surface area contributed by atoms with Crippen LogP contribution in [0.1, 0.15) is 49.4 Å². The average molecular weight is 481 g/mol. The molecule has 184 valence electrons. The first-order chi connectivity index (χ1) is 16.9. The monoisotopic (exact) mass is 480 g/mol. The highest BCUT2D eigenvalue weighted by Gasteiger charge is 2.48. The number of benzene rings is 2. The van der Waals surface area contributed by atoms with Gasteiger partial charge in [-0.15, -0.1) is 0 Å². The van der Waals surface area contributed by atoms with Gasteiger partial charge < -0.3 is 19.6 Å². The lowest BCUT2D eigenvalue weighted by atomic mass is 9.88. The zero-order valence-corrected chi connectivity index (χ0v) is 19.9. The largest absolute Gasteiger partial charge is 0.496 e. The van der Waals surface area contributed by atoms with E-state index < -0.39 is 17.6 Å².